The monoisotopic (exact) mass is 372 g/mol. The number of nitrogens with zero attached hydrogens (tertiary/aromatic N) is 4. The molecule has 0 bridgehead atoms. The van der Waals surface area contributed by atoms with Crippen molar-refractivity contribution >= 4 is 30.2 Å². The first-order chi connectivity index (χ1) is 11.5. The maximum Gasteiger partial charge on any atom is 0.227 e. The zero-order chi connectivity index (χ0) is 17.5. The summed E-state index contributed by atoms with van der Waals surface area (Å²) in [6.07, 6.45) is 2.39. The Labute approximate surface area is 155 Å². The Morgan fingerprint density at radius 2 is 1.88 bits per heavy atom. The predicted octanol–water partition coefficient (Wildman–Crippen LogP) is 1.29. The van der Waals surface area contributed by atoms with E-state index < -0.39 is 0 Å². The van der Waals surface area contributed by atoms with Crippen LogP contribution in [0.3, 0.4) is 0 Å². The molecule has 2 rings (SSSR count). The molecule has 1 aromatic heterocycles. The Morgan fingerprint density at radius 3 is 2.48 bits per heavy atom. The maximum absolute atomic E-state index is 12.1. The van der Waals surface area contributed by atoms with Crippen molar-refractivity contribution in [2.24, 2.45) is 7.05 Å². The van der Waals surface area contributed by atoms with E-state index in [4.69, 9.17) is 0 Å². The van der Waals surface area contributed by atoms with Crippen LogP contribution in [0.1, 0.15) is 51.3 Å². The topological polar surface area (TPSA) is 92.2 Å². The van der Waals surface area contributed by atoms with Gasteiger partial charge in [-0.3, -0.25) is 14.9 Å². The number of hydrogen-bond donors (Lipinski definition) is 2. The van der Waals surface area contributed by atoms with E-state index in [9.17, 15) is 9.59 Å². The van der Waals surface area contributed by atoms with Gasteiger partial charge in [0.15, 0.2) is 5.82 Å². The summed E-state index contributed by atoms with van der Waals surface area (Å²) >= 11 is 0. The summed E-state index contributed by atoms with van der Waals surface area (Å²) in [7, 11) is 1.77. The standard InChI is InChI=1S/C16H28N6O2.ClH/c1-4-22(5-2)14(24)7-6-13(23)18-16-19-15(20-21(16)3)12-8-10-17-11-9-12;/h12,17H,4-11H2,1-3H3,(H,18,19,20,23);1H. The number of amides is 2. The van der Waals surface area contributed by atoms with Gasteiger partial charge in [0, 0.05) is 38.9 Å². The third kappa shape index (κ3) is 5.97. The van der Waals surface area contributed by atoms with Crippen molar-refractivity contribution in [3.8, 4) is 0 Å². The summed E-state index contributed by atoms with van der Waals surface area (Å²) in [6.45, 7) is 7.14. The van der Waals surface area contributed by atoms with E-state index in [-0.39, 0.29) is 37.1 Å². The summed E-state index contributed by atoms with van der Waals surface area (Å²) in [5.74, 6) is 1.37. The molecule has 142 valence electrons. The summed E-state index contributed by atoms with van der Waals surface area (Å²) in [5, 5.41) is 10.5. The summed E-state index contributed by atoms with van der Waals surface area (Å²) in [5.41, 5.74) is 0. The molecular weight excluding hydrogens is 344 g/mol. The third-order valence-corrected chi connectivity index (χ3v) is 4.42. The quantitative estimate of drug-likeness (QED) is 0.752. The van der Waals surface area contributed by atoms with Crippen LogP contribution >= 0.6 is 12.4 Å². The number of rotatable bonds is 7. The molecule has 0 saturated carbocycles. The van der Waals surface area contributed by atoms with Crippen molar-refractivity contribution in [2.75, 3.05) is 31.5 Å². The zero-order valence-electron chi connectivity index (χ0n) is 15.2. The molecule has 1 aliphatic heterocycles. The van der Waals surface area contributed by atoms with Gasteiger partial charge in [0.1, 0.15) is 0 Å². The molecule has 1 aliphatic rings. The first-order valence-corrected chi connectivity index (χ1v) is 8.74. The Morgan fingerprint density at radius 1 is 1.24 bits per heavy atom. The molecule has 0 atom stereocenters. The number of nitrogens with one attached hydrogen (secondary N) is 2. The van der Waals surface area contributed by atoms with E-state index in [2.05, 4.69) is 20.7 Å². The van der Waals surface area contributed by atoms with Gasteiger partial charge in [0.2, 0.25) is 17.8 Å². The highest BCUT2D eigenvalue weighted by Crippen LogP contribution is 2.23. The lowest BCUT2D eigenvalue weighted by molar-refractivity contribution is -0.132. The Bertz CT molecular complexity index is 567. The maximum atomic E-state index is 12.1. The normalized spacial score (nSPS) is 14.7. The van der Waals surface area contributed by atoms with Crippen LogP contribution in [0.25, 0.3) is 0 Å². The highest BCUT2D eigenvalue weighted by atomic mass is 35.5. The van der Waals surface area contributed by atoms with Crippen LogP contribution in [0.5, 0.6) is 0 Å². The summed E-state index contributed by atoms with van der Waals surface area (Å²) in [4.78, 5) is 30.2. The van der Waals surface area contributed by atoms with Gasteiger partial charge < -0.3 is 10.2 Å². The minimum atomic E-state index is -0.206. The van der Waals surface area contributed by atoms with Gasteiger partial charge in [-0.05, 0) is 39.8 Å². The molecule has 25 heavy (non-hydrogen) atoms. The van der Waals surface area contributed by atoms with E-state index in [0.717, 1.165) is 31.8 Å². The van der Waals surface area contributed by atoms with E-state index in [0.29, 0.717) is 25.0 Å². The number of halogens is 1. The van der Waals surface area contributed by atoms with E-state index in [1.165, 1.54) is 0 Å². The molecular formula is C16H29ClN6O2. The van der Waals surface area contributed by atoms with Crippen LogP contribution in [-0.2, 0) is 16.6 Å². The molecule has 8 nitrogen and oxygen atoms in total. The third-order valence-electron chi connectivity index (χ3n) is 4.42. The smallest absolute Gasteiger partial charge is 0.227 e. The van der Waals surface area contributed by atoms with Crippen molar-refractivity contribution in [3.63, 3.8) is 0 Å². The van der Waals surface area contributed by atoms with Gasteiger partial charge in [0.05, 0.1) is 0 Å². The Hall–Kier alpha value is -1.67. The molecule has 0 aromatic carbocycles. The van der Waals surface area contributed by atoms with Gasteiger partial charge >= 0.3 is 0 Å². The number of aryl methyl sites for hydroxylation is 1. The molecule has 1 aromatic rings. The van der Waals surface area contributed by atoms with Crippen LogP contribution in [0.4, 0.5) is 5.95 Å². The van der Waals surface area contributed by atoms with Crippen molar-refractivity contribution < 1.29 is 9.59 Å². The van der Waals surface area contributed by atoms with Crippen LogP contribution < -0.4 is 10.6 Å². The first-order valence-electron chi connectivity index (χ1n) is 8.74. The van der Waals surface area contributed by atoms with E-state index in [1.807, 2.05) is 13.8 Å². The molecule has 9 heteroatoms. The fraction of sp³-hybridized carbons (Fsp3) is 0.750. The SMILES string of the molecule is CCN(CC)C(=O)CCC(=O)Nc1nc(C2CCNCC2)nn1C.Cl. The molecule has 1 saturated heterocycles. The Balaban J connectivity index is 0.00000312. The average Bonchev–Trinajstić information content (AvgIpc) is 2.95. The van der Waals surface area contributed by atoms with Crippen LogP contribution in [0.15, 0.2) is 0 Å². The molecule has 1 fully saturated rings. The number of carbonyl (C=O) groups is 2. The molecule has 2 heterocycles. The van der Waals surface area contributed by atoms with Gasteiger partial charge in [-0.15, -0.1) is 12.4 Å². The largest absolute Gasteiger partial charge is 0.343 e. The lowest BCUT2D eigenvalue weighted by atomic mass is 9.98. The van der Waals surface area contributed by atoms with Gasteiger partial charge in [0.25, 0.3) is 0 Å². The second-order valence-electron chi connectivity index (χ2n) is 6.06. The first kappa shape index (κ1) is 21.4. The molecule has 2 amide bonds. The second kappa shape index (κ2) is 10.4. The molecule has 2 N–H and O–H groups in total. The molecule has 0 spiro atoms. The minimum absolute atomic E-state index is 0. The summed E-state index contributed by atoms with van der Waals surface area (Å²) in [6, 6.07) is 0. The fourth-order valence-electron chi connectivity index (χ4n) is 2.91. The Kier molecular flexibility index (Phi) is 8.85. The second-order valence-corrected chi connectivity index (χ2v) is 6.06. The lowest BCUT2D eigenvalue weighted by Gasteiger charge is -2.19. The predicted molar refractivity (Wildman–Crippen MR) is 98.9 cm³/mol. The number of aromatic nitrogens is 3. The number of hydrogen-bond acceptors (Lipinski definition) is 5. The average molecular weight is 373 g/mol. The van der Waals surface area contributed by atoms with Crippen molar-refractivity contribution in [3.05, 3.63) is 5.82 Å². The van der Waals surface area contributed by atoms with Crippen LogP contribution in [-0.4, -0.2) is 57.7 Å². The van der Waals surface area contributed by atoms with Crippen LogP contribution in [0, 0.1) is 0 Å². The van der Waals surface area contributed by atoms with Crippen molar-refractivity contribution in [1.29, 1.82) is 0 Å². The van der Waals surface area contributed by atoms with Crippen LogP contribution in [0.2, 0.25) is 0 Å². The summed E-state index contributed by atoms with van der Waals surface area (Å²) < 4.78 is 1.60. The highest BCUT2D eigenvalue weighted by molar-refractivity contribution is 5.91. The highest BCUT2D eigenvalue weighted by Gasteiger charge is 2.21. The van der Waals surface area contributed by atoms with E-state index >= 15 is 0 Å². The number of anilines is 1. The van der Waals surface area contributed by atoms with Crippen molar-refractivity contribution in [2.45, 2.75) is 45.4 Å². The van der Waals surface area contributed by atoms with Gasteiger partial charge in [-0.2, -0.15) is 10.1 Å². The van der Waals surface area contributed by atoms with Gasteiger partial charge in [-0.25, -0.2) is 4.68 Å². The molecule has 0 unspecified atom stereocenters. The number of piperidine rings is 1. The zero-order valence-corrected chi connectivity index (χ0v) is 16.1. The van der Waals surface area contributed by atoms with Crippen molar-refractivity contribution in [1.82, 2.24) is 25.0 Å². The minimum Gasteiger partial charge on any atom is -0.343 e. The fourth-order valence-corrected chi connectivity index (χ4v) is 2.91. The molecule has 0 aliphatic carbocycles. The lowest BCUT2D eigenvalue weighted by Crippen LogP contribution is -2.31. The van der Waals surface area contributed by atoms with Gasteiger partial charge in [-0.1, -0.05) is 0 Å². The number of carbonyl (C=O) groups excluding carboxylic acids is 2. The van der Waals surface area contributed by atoms with E-state index in [1.54, 1.807) is 16.6 Å². The molecule has 0 radical (unpaired) electrons.